The number of carbonyl (C=O) groups excluding carboxylic acids is 2. The second-order valence-electron chi connectivity index (χ2n) is 5.45. The number of amides is 2. The molecule has 7 nitrogen and oxygen atoms in total. The highest BCUT2D eigenvalue weighted by molar-refractivity contribution is 7.14. The van der Waals surface area contributed by atoms with Gasteiger partial charge in [-0.1, -0.05) is 11.6 Å². The van der Waals surface area contributed by atoms with Gasteiger partial charge in [-0.15, -0.1) is 11.3 Å². The lowest BCUT2D eigenvalue weighted by Crippen LogP contribution is -2.20. The lowest BCUT2D eigenvalue weighted by molar-refractivity contribution is -0.118. The third-order valence-electron chi connectivity index (χ3n) is 3.49. The van der Waals surface area contributed by atoms with E-state index in [1.54, 1.807) is 35.8 Å². The van der Waals surface area contributed by atoms with Gasteiger partial charge in [0.15, 0.2) is 11.7 Å². The number of aromatic amines is 1. The number of thiazole rings is 1. The van der Waals surface area contributed by atoms with E-state index < -0.39 is 5.91 Å². The molecule has 2 amide bonds. The van der Waals surface area contributed by atoms with Crippen molar-refractivity contribution in [3.8, 4) is 17.0 Å². The Morgan fingerprint density at radius 3 is 2.88 bits per heavy atom. The third kappa shape index (κ3) is 4.22. The molecular weight excluding hydrogens is 376 g/mol. The maximum absolute atomic E-state index is 12.0. The molecule has 2 heterocycles. The lowest BCUT2D eigenvalue weighted by Gasteiger charge is -2.08. The lowest BCUT2D eigenvalue weighted by atomic mass is 10.2. The average molecular weight is 391 g/mol. The summed E-state index contributed by atoms with van der Waals surface area (Å²) < 4.78 is 5.50. The van der Waals surface area contributed by atoms with Gasteiger partial charge in [0.2, 0.25) is 0 Å². The van der Waals surface area contributed by atoms with Gasteiger partial charge in [0.1, 0.15) is 11.4 Å². The van der Waals surface area contributed by atoms with Crippen LogP contribution in [-0.2, 0) is 4.79 Å². The number of ether oxygens (including phenoxy) is 1. The predicted octanol–water partition coefficient (Wildman–Crippen LogP) is 3.22. The topological polar surface area (TPSA) is 110 Å². The molecule has 26 heavy (non-hydrogen) atoms. The maximum atomic E-state index is 12.0. The molecule has 2 aromatic heterocycles. The van der Waals surface area contributed by atoms with E-state index in [0.717, 1.165) is 5.56 Å². The van der Waals surface area contributed by atoms with Crippen LogP contribution in [0.15, 0.2) is 35.8 Å². The van der Waals surface area contributed by atoms with Gasteiger partial charge >= 0.3 is 0 Å². The fourth-order valence-electron chi connectivity index (χ4n) is 2.22. The first-order valence-electron chi connectivity index (χ1n) is 7.55. The number of rotatable bonds is 6. The highest BCUT2D eigenvalue weighted by Gasteiger charge is 2.12. The molecule has 0 aliphatic heterocycles. The van der Waals surface area contributed by atoms with Gasteiger partial charge in [0.25, 0.3) is 11.8 Å². The monoisotopic (exact) mass is 390 g/mol. The highest BCUT2D eigenvalue weighted by Crippen LogP contribution is 2.26. The zero-order valence-corrected chi connectivity index (χ0v) is 15.3. The quantitative estimate of drug-likeness (QED) is 0.600. The Bertz CT molecular complexity index is 967. The van der Waals surface area contributed by atoms with Crippen LogP contribution in [0.5, 0.6) is 5.75 Å². The minimum absolute atomic E-state index is 0.145. The van der Waals surface area contributed by atoms with Crippen LogP contribution < -0.4 is 15.8 Å². The number of H-pyrrole nitrogens is 1. The molecule has 0 radical (unpaired) electrons. The molecule has 0 spiro atoms. The summed E-state index contributed by atoms with van der Waals surface area (Å²) in [6, 6.07) is 6.79. The van der Waals surface area contributed by atoms with Gasteiger partial charge in [-0.2, -0.15) is 0 Å². The van der Waals surface area contributed by atoms with E-state index >= 15 is 0 Å². The Hall–Kier alpha value is -2.84. The Labute approximate surface area is 158 Å². The predicted molar refractivity (Wildman–Crippen MR) is 101 cm³/mol. The number of aryl methyl sites for hydroxylation is 1. The summed E-state index contributed by atoms with van der Waals surface area (Å²) in [6.45, 7) is 1.71. The van der Waals surface area contributed by atoms with Crippen molar-refractivity contribution in [2.45, 2.75) is 6.92 Å². The van der Waals surface area contributed by atoms with E-state index in [2.05, 4.69) is 15.3 Å². The van der Waals surface area contributed by atoms with Crippen LogP contribution in [0.1, 0.15) is 16.1 Å². The van der Waals surface area contributed by atoms with Gasteiger partial charge in [0, 0.05) is 22.2 Å². The van der Waals surface area contributed by atoms with Crippen molar-refractivity contribution in [3.63, 3.8) is 0 Å². The Morgan fingerprint density at radius 2 is 2.19 bits per heavy atom. The molecule has 0 aliphatic rings. The molecule has 0 bridgehead atoms. The molecule has 0 atom stereocenters. The van der Waals surface area contributed by atoms with Gasteiger partial charge in [-0.3, -0.25) is 14.9 Å². The van der Waals surface area contributed by atoms with Gasteiger partial charge in [-0.05, 0) is 36.8 Å². The van der Waals surface area contributed by atoms with Crippen LogP contribution in [0.4, 0.5) is 5.13 Å². The zero-order valence-electron chi connectivity index (χ0n) is 13.7. The van der Waals surface area contributed by atoms with Crippen LogP contribution in [0.25, 0.3) is 11.3 Å². The van der Waals surface area contributed by atoms with Crippen molar-refractivity contribution in [3.05, 3.63) is 52.1 Å². The molecule has 9 heteroatoms. The number of carbonyl (C=O) groups is 2. The first kappa shape index (κ1) is 18.0. The Balaban J connectivity index is 1.59. The van der Waals surface area contributed by atoms with E-state index in [4.69, 9.17) is 22.1 Å². The molecule has 3 aromatic rings. The largest absolute Gasteiger partial charge is 0.483 e. The second-order valence-corrected chi connectivity index (χ2v) is 6.75. The van der Waals surface area contributed by atoms with E-state index in [0.29, 0.717) is 32.9 Å². The average Bonchev–Trinajstić information content (AvgIpc) is 3.23. The van der Waals surface area contributed by atoms with Gasteiger partial charge in [0.05, 0.1) is 5.69 Å². The van der Waals surface area contributed by atoms with Crippen molar-refractivity contribution in [1.82, 2.24) is 9.97 Å². The number of anilines is 1. The van der Waals surface area contributed by atoms with Gasteiger partial charge in [-0.25, -0.2) is 4.98 Å². The molecule has 0 saturated heterocycles. The number of hydrogen-bond donors (Lipinski definition) is 3. The first-order valence-corrected chi connectivity index (χ1v) is 8.81. The standard InChI is InChI=1S/C17H15ClN4O3S/c1-9-4-11(18)2-3-14(9)25-7-15(23)22-17-21-13(8-26-17)10-5-12(16(19)24)20-6-10/h2-6,8,20H,7H2,1H3,(H2,19,24)(H,21,22,23). The number of halogens is 1. The van der Waals surface area contributed by atoms with E-state index in [9.17, 15) is 9.59 Å². The number of benzene rings is 1. The van der Waals surface area contributed by atoms with E-state index in [1.807, 2.05) is 6.92 Å². The molecule has 4 N–H and O–H groups in total. The Morgan fingerprint density at radius 1 is 1.38 bits per heavy atom. The fourth-order valence-corrected chi connectivity index (χ4v) is 3.18. The third-order valence-corrected chi connectivity index (χ3v) is 4.48. The summed E-state index contributed by atoms with van der Waals surface area (Å²) in [6.07, 6.45) is 1.63. The number of aromatic nitrogens is 2. The van der Waals surface area contributed by atoms with Gasteiger partial charge < -0.3 is 15.5 Å². The van der Waals surface area contributed by atoms with E-state index in [-0.39, 0.29) is 12.5 Å². The summed E-state index contributed by atoms with van der Waals surface area (Å²) >= 11 is 7.16. The number of hydrogen-bond acceptors (Lipinski definition) is 5. The molecule has 0 unspecified atom stereocenters. The van der Waals surface area contributed by atoms with Crippen LogP contribution in [0.2, 0.25) is 5.02 Å². The van der Waals surface area contributed by atoms with Crippen LogP contribution in [-0.4, -0.2) is 28.4 Å². The van der Waals surface area contributed by atoms with Crippen molar-refractivity contribution < 1.29 is 14.3 Å². The van der Waals surface area contributed by atoms with Crippen molar-refractivity contribution in [1.29, 1.82) is 0 Å². The van der Waals surface area contributed by atoms with Crippen molar-refractivity contribution >= 4 is 39.9 Å². The molecular formula is C17H15ClN4O3S. The van der Waals surface area contributed by atoms with E-state index in [1.165, 1.54) is 11.3 Å². The first-order chi connectivity index (χ1) is 12.4. The molecule has 134 valence electrons. The minimum atomic E-state index is -0.547. The highest BCUT2D eigenvalue weighted by atomic mass is 35.5. The van der Waals surface area contributed by atoms with Crippen LogP contribution in [0.3, 0.4) is 0 Å². The summed E-state index contributed by atoms with van der Waals surface area (Å²) in [4.78, 5) is 30.3. The number of primary amides is 1. The summed E-state index contributed by atoms with van der Waals surface area (Å²) in [7, 11) is 0. The maximum Gasteiger partial charge on any atom is 0.265 e. The molecule has 3 rings (SSSR count). The second kappa shape index (κ2) is 7.59. The number of nitrogens with one attached hydrogen (secondary N) is 2. The number of nitrogens with two attached hydrogens (primary N) is 1. The number of nitrogens with zero attached hydrogens (tertiary/aromatic N) is 1. The molecule has 1 aromatic carbocycles. The smallest absolute Gasteiger partial charge is 0.265 e. The van der Waals surface area contributed by atoms with Crippen molar-refractivity contribution in [2.75, 3.05) is 11.9 Å². The fraction of sp³-hybridized carbons (Fsp3) is 0.118. The Kier molecular flexibility index (Phi) is 5.24. The molecule has 0 saturated carbocycles. The summed E-state index contributed by atoms with van der Waals surface area (Å²) in [5.74, 6) is -0.280. The normalized spacial score (nSPS) is 10.5. The van der Waals surface area contributed by atoms with Crippen LogP contribution in [0, 0.1) is 6.92 Å². The van der Waals surface area contributed by atoms with Crippen molar-refractivity contribution in [2.24, 2.45) is 5.73 Å². The minimum Gasteiger partial charge on any atom is -0.483 e. The molecule has 0 fully saturated rings. The van der Waals surface area contributed by atoms with Crippen LogP contribution >= 0.6 is 22.9 Å². The molecule has 0 aliphatic carbocycles. The SMILES string of the molecule is Cc1cc(Cl)ccc1OCC(=O)Nc1nc(-c2c[nH]c(C(N)=O)c2)cs1. The summed E-state index contributed by atoms with van der Waals surface area (Å²) in [5, 5.41) is 5.49. The summed E-state index contributed by atoms with van der Waals surface area (Å²) in [5.41, 5.74) is 7.69. The zero-order chi connectivity index (χ0) is 18.7.